The van der Waals surface area contributed by atoms with Crippen molar-refractivity contribution < 1.29 is 27.1 Å². The van der Waals surface area contributed by atoms with Crippen molar-refractivity contribution >= 4 is 11.6 Å². The van der Waals surface area contributed by atoms with Gasteiger partial charge in [-0.2, -0.15) is 0 Å². The molecule has 2 fully saturated rings. The van der Waals surface area contributed by atoms with Crippen LogP contribution in [0.3, 0.4) is 0 Å². The van der Waals surface area contributed by atoms with Crippen LogP contribution in [0.4, 0.5) is 23.2 Å². The molecule has 1 aromatic heterocycles. The first-order valence-electron chi connectivity index (χ1n) is 11.3. The SMILES string of the molecule is CC1(C)CCC(C(=O)Nc2c(-c3cc(F)ccc3F)ccnc2C2CCC(F)(F)CC2)CO1. The van der Waals surface area contributed by atoms with E-state index in [1.807, 2.05) is 13.8 Å². The summed E-state index contributed by atoms with van der Waals surface area (Å²) < 4.78 is 61.9. The summed E-state index contributed by atoms with van der Waals surface area (Å²) in [5, 5.41) is 2.88. The van der Waals surface area contributed by atoms with Crippen LogP contribution in [0.1, 0.15) is 64.0 Å². The molecule has 1 aromatic carbocycles. The molecule has 0 bridgehead atoms. The van der Waals surface area contributed by atoms with Gasteiger partial charge in [0.25, 0.3) is 0 Å². The van der Waals surface area contributed by atoms with Gasteiger partial charge in [-0.05, 0) is 63.8 Å². The molecule has 1 saturated heterocycles. The summed E-state index contributed by atoms with van der Waals surface area (Å²) in [6.07, 6.45) is 2.59. The van der Waals surface area contributed by atoms with Gasteiger partial charge in [0.2, 0.25) is 11.8 Å². The zero-order chi connectivity index (χ0) is 23.8. The molecule has 1 N–H and O–H groups in total. The van der Waals surface area contributed by atoms with Gasteiger partial charge in [-0.3, -0.25) is 9.78 Å². The zero-order valence-electron chi connectivity index (χ0n) is 18.8. The lowest BCUT2D eigenvalue weighted by Crippen LogP contribution is -2.39. The Balaban J connectivity index is 1.70. The number of rotatable bonds is 4. The first-order chi connectivity index (χ1) is 15.5. The molecule has 2 aliphatic rings. The van der Waals surface area contributed by atoms with Gasteiger partial charge in [-0.1, -0.05) is 0 Å². The molecule has 4 nitrogen and oxygen atoms in total. The predicted molar refractivity (Wildman–Crippen MR) is 117 cm³/mol. The summed E-state index contributed by atoms with van der Waals surface area (Å²) in [7, 11) is 0. The van der Waals surface area contributed by atoms with Crippen LogP contribution in [-0.2, 0) is 9.53 Å². The summed E-state index contributed by atoms with van der Waals surface area (Å²) in [5.41, 5.74) is 0.638. The average molecular weight is 465 g/mol. The van der Waals surface area contributed by atoms with Gasteiger partial charge in [-0.15, -0.1) is 0 Å². The van der Waals surface area contributed by atoms with E-state index in [0.717, 1.165) is 18.2 Å². The largest absolute Gasteiger partial charge is 0.375 e. The van der Waals surface area contributed by atoms with Gasteiger partial charge in [0.15, 0.2) is 0 Å². The first-order valence-corrected chi connectivity index (χ1v) is 11.3. The van der Waals surface area contributed by atoms with Crippen LogP contribution in [0.2, 0.25) is 0 Å². The Labute approximate surface area is 190 Å². The van der Waals surface area contributed by atoms with Crippen LogP contribution in [-0.4, -0.2) is 29.0 Å². The summed E-state index contributed by atoms with van der Waals surface area (Å²) >= 11 is 0. The maximum Gasteiger partial charge on any atom is 0.248 e. The summed E-state index contributed by atoms with van der Waals surface area (Å²) in [4.78, 5) is 17.5. The maximum atomic E-state index is 14.7. The van der Waals surface area contributed by atoms with E-state index in [1.165, 1.54) is 12.3 Å². The number of alkyl halides is 2. The lowest BCUT2D eigenvalue weighted by atomic mass is 9.83. The van der Waals surface area contributed by atoms with Crippen LogP contribution in [0.25, 0.3) is 11.1 Å². The number of nitrogens with zero attached hydrogens (tertiary/aromatic N) is 1. The molecule has 0 spiro atoms. The van der Waals surface area contributed by atoms with Crippen LogP contribution >= 0.6 is 0 Å². The van der Waals surface area contributed by atoms with E-state index in [9.17, 15) is 22.4 Å². The van der Waals surface area contributed by atoms with Gasteiger partial charge < -0.3 is 10.1 Å². The first kappa shape index (κ1) is 23.7. The van der Waals surface area contributed by atoms with Crippen LogP contribution < -0.4 is 5.32 Å². The third-order valence-electron chi connectivity index (χ3n) is 6.69. The monoisotopic (exact) mass is 464 g/mol. The minimum Gasteiger partial charge on any atom is -0.375 e. The molecule has 8 heteroatoms. The van der Waals surface area contributed by atoms with Crippen molar-refractivity contribution in [1.29, 1.82) is 0 Å². The number of anilines is 1. The zero-order valence-corrected chi connectivity index (χ0v) is 18.8. The van der Waals surface area contributed by atoms with E-state index >= 15 is 0 Å². The number of halogens is 4. The van der Waals surface area contributed by atoms with Crippen molar-refractivity contribution in [1.82, 2.24) is 4.98 Å². The molecule has 1 amide bonds. The highest BCUT2D eigenvalue weighted by Crippen LogP contribution is 2.44. The number of aromatic nitrogens is 1. The second-order valence-corrected chi connectivity index (χ2v) is 9.67. The van der Waals surface area contributed by atoms with Crippen molar-refractivity contribution in [2.24, 2.45) is 5.92 Å². The Bertz CT molecular complexity index is 1020. The Morgan fingerprint density at radius 1 is 1.06 bits per heavy atom. The molecule has 2 heterocycles. The van der Waals surface area contributed by atoms with E-state index in [-0.39, 0.29) is 66.5 Å². The Morgan fingerprint density at radius 2 is 1.79 bits per heavy atom. The number of amides is 1. The maximum absolute atomic E-state index is 14.7. The summed E-state index contributed by atoms with van der Waals surface area (Å²) in [5.74, 6) is -5.04. The molecule has 1 unspecified atom stereocenters. The van der Waals surface area contributed by atoms with Crippen LogP contribution in [0, 0.1) is 17.6 Å². The van der Waals surface area contributed by atoms with Crippen molar-refractivity contribution in [2.75, 3.05) is 11.9 Å². The van der Waals surface area contributed by atoms with Gasteiger partial charge in [0.05, 0.1) is 29.5 Å². The number of hydrogen-bond donors (Lipinski definition) is 1. The quantitative estimate of drug-likeness (QED) is 0.528. The van der Waals surface area contributed by atoms with Gasteiger partial charge in [0.1, 0.15) is 11.6 Å². The number of carbonyl (C=O) groups excluding carboxylic acids is 1. The third kappa shape index (κ3) is 5.37. The molecule has 1 aliphatic carbocycles. The molecule has 4 rings (SSSR count). The molecular formula is C25H28F4N2O2. The molecule has 1 saturated carbocycles. The van der Waals surface area contributed by atoms with Crippen molar-refractivity contribution in [3.63, 3.8) is 0 Å². The molecule has 0 radical (unpaired) electrons. The van der Waals surface area contributed by atoms with Crippen molar-refractivity contribution in [3.8, 4) is 11.1 Å². The smallest absolute Gasteiger partial charge is 0.248 e. The molecular weight excluding hydrogens is 436 g/mol. The second kappa shape index (κ2) is 9.05. The number of hydrogen-bond acceptors (Lipinski definition) is 3. The highest BCUT2D eigenvalue weighted by molar-refractivity contribution is 5.97. The highest BCUT2D eigenvalue weighted by Gasteiger charge is 2.38. The Hall–Kier alpha value is -2.48. The minimum absolute atomic E-state index is 0.0175. The molecule has 1 atom stereocenters. The molecule has 2 aromatic rings. The third-order valence-corrected chi connectivity index (χ3v) is 6.69. The molecule has 178 valence electrons. The summed E-state index contributed by atoms with van der Waals surface area (Å²) in [6.45, 7) is 4.17. The number of ether oxygens (including phenoxy) is 1. The van der Waals surface area contributed by atoms with E-state index in [4.69, 9.17) is 4.74 Å². The Morgan fingerprint density at radius 3 is 2.45 bits per heavy atom. The fraction of sp³-hybridized carbons (Fsp3) is 0.520. The van der Waals surface area contributed by atoms with E-state index in [2.05, 4.69) is 10.3 Å². The second-order valence-electron chi connectivity index (χ2n) is 9.67. The van der Waals surface area contributed by atoms with Crippen LogP contribution in [0.5, 0.6) is 0 Å². The predicted octanol–water partition coefficient (Wildman–Crippen LogP) is 6.46. The fourth-order valence-electron chi connectivity index (χ4n) is 4.60. The van der Waals surface area contributed by atoms with Crippen LogP contribution in [0.15, 0.2) is 30.5 Å². The lowest BCUT2D eigenvalue weighted by molar-refractivity contribution is -0.131. The van der Waals surface area contributed by atoms with E-state index in [1.54, 1.807) is 0 Å². The number of pyridine rings is 1. The minimum atomic E-state index is -2.72. The lowest BCUT2D eigenvalue weighted by Gasteiger charge is -2.34. The van der Waals surface area contributed by atoms with Gasteiger partial charge in [-0.25, -0.2) is 17.6 Å². The number of nitrogens with one attached hydrogen (secondary N) is 1. The van der Waals surface area contributed by atoms with E-state index < -0.39 is 23.5 Å². The number of benzene rings is 1. The molecule has 1 aliphatic heterocycles. The van der Waals surface area contributed by atoms with Crippen molar-refractivity contribution in [3.05, 3.63) is 47.8 Å². The topological polar surface area (TPSA) is 51.2 Å². The standard InChI is InChI=1S/C25H28F4N2O2/c1-24(2)9-5-16(14-33-24)23(32)31-22-18(19-13-17(26)3-4-20(19)27)8-12-30-21(22)15-6-10-25(28,29)11-7-15/h3-4,8,12-13,15-16H,5-7,9-11,14H2,1-2H3,(H,31,32). The van der Waals surface area contributed by atoms with Gasteiger partial charge >= 0.3 is 0 Å². The summed E-state index contributed by atoms with van der Waals surface area (Å²) in [6, 6.07) is 4.61. The fourth-order valence-corrected chi connectivity index (χ4v) is 4.60. The highest BCUT2D eigenvalue weighted by atomic mass is 19.3. The Kier molecular flexibility index (Phi) is 6.49. The van der Waals surface area contributed by atoms with Gasteiger partial charge in [0, 0.05) is 36.1 Å². The number of carbonyl (C=O) groups is 1. The molecule has 33 heavy (non-hydrogen) atoms. The van der Waals surface area contributed by atoms with E-state index in [0.29, 0.717) is 18.5 Å². The normalized spacial score (nSPS) is 22.7. The van der Waals surface area contributed by atoms with Crippen molar-refractivity contribution in [2.45, 2.75) is 69.8 Å². The average Bonchev–Trinajstić information content (AvgIpc) is 2.76.